The van der Waals surface area contributed by atoms with Crippen molar-refractivity contribution in [3.8, 4) is 5.75 Å². The molecule has 1 aliphatic rings. The molecule has 1 aliphatic heterocycles. The molecule has 1 saturated heterocycles. The predicted octanol–water partition coefficient (Wildman–Crippen LogP) is 6.48. The highest BCUT2D eigenvalue weighted by Crippen LogP contribution is 2.39. The summed E-state index contributed by atoms with van der Waals surface area (Å²) in [5.41, 5.74) is 0.940. The molecular formula is C37H54FN3O8SSi2. The third kappa shape index (κ3) is 12.2. The number of carbonyl (C=O) groups is 1. The fourth-order valence-electron chi connectivity index (χ4n) is 6.15. The van der Waals surface area contributed by atoms with Crippen LogP contribution >= 0.6 is 0 Å². The monoisotopic (exact) mass is 775 g/mol. The second kappa shape index (κ2) is 17.7. The number of carbonyl (C=O) groups excluding carboxylic acids is 1. The van der Waals surface area contributed by atoms with Gasteiger partial charge in [-0.3, -0.25) is 13.8 Å². The largest absolute Gasteiger partial charge is 0.462 e. The standard InChI is InChI=1S/C37H54FN3O8SSi2/c1-27-13-9-10-16-30(27)33(28-14-11-15-29(38)23-28)36(49-50(2,44)45)31-17-12-18-41(31)37(43)34-35(42)32(48-26-47-20-22-52(6,7)8)24-40(39-34)25-46-19-21-51(3,4)5/h9-11,13-16,23-24,31,33,36H,12,17-22,25-26H2,1-8H3. The number of halogens is 1. The lowest BCUT2D eigenvalue weighted by molar-refractivity contribution is 0.0192. The molecule has 0 bridgehead atoms. The van der Waals surface area contributed by atoms with Crippen LogP contribution in [-0.4, -0.2) is 90.1 Å². The van der Waals surface area contributed by atoms with Crippen LogP contribution in [0.15, 0.2) is 59.5 Å². The van der Waals surface area contributed by atoms with Gasteiger partial charge in [-0.15, -0.1) is 0 Å². The summed E-state index contributed by atoms with van der Waals surface area (Å²) in [6, 6.07) is 14.4. The van der Waals surface area contributed by atoms with Gasteiger partial charge in [0.15, 0.2) is 18.2 Å². The highest BCUT2D eigenvalue weighted by molar-refractivity contribution is 7.86. The van der Waals surface area contributed by atoms with E-state index in [0.29, 0.717) is 31.6 Å². The first-order chi connectivity index (χ1) is 24.3. The maximum absolute atomic E-state index is 14.7. The number of rotatable bonds is 18. The first-order valence-electron chi connectivity index (χ1n) is 17.7. The van der Waals surface area contributed by atoms with Gasteiger partial charge in [0, 0.05) is 41.8 Å². The molecule has 3 unspecified atom stereocenters. The van der Waals surface area contributed by atoms with Crippen molar-refractivity contribution >= 4 is 32.2 Å². The van der Waals surface area contributed by atoms with E-state index < -0.39 is 67.2 Å². The Morgan fingerprint density at radius 1 is 1.00 bits per heavy atom. The molecule has 2 heterocycles. The van der Waals surface area contributed by atoms with Crippen LogP contribution in [0.5, 0.6) is 5.75 Å². The molecule has 1 fully saturated rings. The predicted molar refractivity (Wildman–Crippen MR) is 205 cm³/mol. The van der Waals surface area contributed by atoms with Crippen LogP contribution in [0.2, 0.25) is 51.4 Å². The zero-order chi connectivity index (χ0) is 38.3. The lowest BCUT2D eigenvalue weighted by atomic mass is 9.81. The molecule has 3 atom stereocenters. The van der Waals surface area contributed by atoms with E-state index in [1.165, 1.54) is 27.9 Å². The smallest absolute Gasteiger partial charge is 0.278 e. The van der Waals surface area contributed by atoms with Gasteiger partial charge in [0.1, 0.15) is 18.7 Å². The van der Waals surface area contributed by atoms with E-state index in [9.17, 15) is 22.4 Å². The first kappa shape index (κ1) is 41.5. The molecule has 11 nitrogen and oxygen atoms in total. The van der Waals surface area contributed by atoms with Crippen LogP contribution in [-0.2, 0) is 30.5 Å². The van der Waals surface area contributed by atoms with E-state index in [1.807, 2.05) is 31.2 Å². The van der Waals surface area contributed by atoms with Gasteiger partial charge >= 0.3 is 0 Å². The van der Waals surface area contributed by atoms with Crippen molar-refractivity contribution < 1.29 is 36.0 Å². The third-order valence-corrected chi connectivity index (χ3v) is 12.9. The maximum Gasteiger partial charge on any atom is 0.278 e. The van der Waals surface area contributed by atoms with Gasteiger partial charge in [0.25, 0.3) is 21.5 Å². The summed E-state index contributed by atoms with van der Waals surface area (Å²) >= 11 is 0. The molecule has 3 aromatic rings. The molecule has 286 valence electrons. The lowest BCUT2D eigenvalue weighted by Gasteiger charge is -2.36. The molecule has 0 radical (unpaired) electrons. The molecule has 0 N–H and O–H groups in total. The number of hydrogen-bond donors (Lipinski definition) is 0. The van der Waals surface area contributed by atoms with Gasteiger partial charge in [-0.1, -0.05) is 75.7 Å². The van der Waals surface area contributed by atoms with Crippen molar-refractivity contribution in [2.75, 3.05) is 32.8 Å². The van der Waals surface area contributed by atoms with Crippen LogP contribution in [0.3, 0.4) is 0 Å². The van der Waals surface area contributed by atoms with Crippen LogP contribution < -0.4 is 10.2 Å². The van der Waals surface area contributed by atoms with Crippen LogP contribution in [0.25, 0.3) is 0 Å². The van der Waals surface area contributed by atoms with Gasteiger partial charge in [0.05, 0.1) is 18.5 Å². The highest BCUT2D eigenvalue weighted by Gasteiger charge is 2.44. The number of hydrogen-bond acceptors (Lipinski definition) is 9. The minimum atomic E-state index is -4.09. The van der Waals surface area contributed by atoms with Crippen LogP contribution in [0.4, 0.5) is 4.39 Å². The van der Waals surface area contributed by atoms with Crippen molar-refractivity contribution in [3.05, 3.63) is 93.2 Å². The first-order valence-corrected chi connectivity index (χ1v) is 27.0. The summed E-state index contributed by atoms with van der Waals surface area (Å²) in [4.78, 5) is 29.8. The van der Waals surface area contributed by atoms with E-state index >= 15 is 0 Å². The number of likely N-dealkylation sites (tertiary alicyclic amines) is 1. The average molecular weight is 776 g/mol. The van der Waals surface area contributed by atoms with Gasteiger partial charge in [-0.25, -0.2) is 9.07 Å². The third-order valence-electron chi connectivity index (χ3n) is 8.94. The summed E-state index contributed by atoms with van der Waals surface area (Å²) in [6.07, 6.45) is 2.09. The summed E-state index contributed by atoms with van der Waals surface area (Å²) < 4.78 is 65.1. The average Bonchev–Trinajstić information content (AvgIpc) is 3.53. The highest BCUT2D eigenvalue weighted by atomic mass is 32.2. The maximum atomic E-state index is 14.7. The van der Waals surface area contributed by atoms with E-state index in [0.717, 1.165) is 29.5 Å². The Bertz CT molecular complexity index is 1850. The molecule has 1 aromatic heterocycles. The number of nitrogens with zero attached hydrogens (tertiary/aromatic N) is 3. The molecule has 4 rings (SSSR count). The van der Waals surface area contributed by atoms with Gasteiger partial charge in [-0.05, 0) is 60.7 Å². The van der Waals surface area contributed by atoms with Crippen molar-refractivity contribution in [1.82, 2.24) is 14.7 Å². The Morgan fingerprint density at radius 3 is 2.31 bits per heavy atom. The summed E-state index contributed by atoms with van der Waals surface area (Å²) in [5, 5.41) is 4.42. The molecule has 0 spiro atoms. The van der Waals surface area contributed by atoms with E-state index in [2.05, 4.69) is 44.4 Å². The van der Waals surface area contributed by atoms with Gasteiger partial charge in [-0.2, -0.15) is 13.5 Å². The lowest BCUT2D eigenvalue weighted by Crippen LogP contribution is -2.48. The number of aromatic nitrogens is 2. The topological polar surface area (TPSA) is 126 Å². The Morgan fingerprint density at radius 2 is 1.67 bits per heavy atom. The van der Waals surface area contributed by atoms with E-state index in [1.54, 1.807) is 12.1 Å². The minimum Gasteiger partial charge on any atom is -0.462 e. The number of ether oxygens (including phenoxy) is 3. The molecule has 0 aliphatic carbocycles. The molecule has 2 aromatic carbocycles. The summed E-state index contributed by atoms with van der Waals surface area (Å²) in [7, 11) is -6.82. The summed E-state index contributed by atoms with van der Waals surface area (Å²) in [6.45, 7) is 16.3. The zero-order valence-corrected chi connectivity index (χ0v) is 34.5. The van der Waals surface area contributed by atoms with Crippen molar-refractivity contribution in [1.29, 1.82) is 0 Å². The van der Waals surface area contributed by atoms with Crippen LogP contribution in [0, 0.1) is 12.7 Å². The van der Waals surface area contributed by atoms with E-state index in [4.69, 9.17) is 18.4 Å². The molecule has 15 heteroatoms. The molecule has 0 saturated carbocycles. The normalized spacial score (nSPS) is 16.6. The van der Waals surface area contributed by atoms with E-state index in [-0.39, 0.29) is 25.8 Å². The fourth-order valence-corrected chi connectivity index (χ4v) is 8.31. The summed E-state index contributed by atoms with van der Waals surface area (Å²) in [5.74, 6) is -2.08. The van der Waals surface area contributed by atoms with Gasteiger partial charge in [0.2, 0.25) is 0 Å². The Kier molecular flexibility index (Phi) is 14.2. The number of benzene rings is 2. The second-order valence-electron chi connectivity index (χ2n) is 15.9. The Hall–Kier alpha value is -3.22. The molecular weight excluding hydrogens is 722 g/mol. The minimum absolute atomic E-state index is 0.0178. The second-order valence-corrected chi connectivity index (χ2v) is 28.7. The number of amides is 1. The number of aryl methyl sites for hydroxylation is 1. The fraction of sp³-hybridized carbons (Fsp3) is 0.541. The zero-order valence-electron chi connectivity index (χ0n) is 31.7. The Balaban J connectivity index is 1.73. The van der Waals surface area contributed by atoms with Crippen molar-refractivity contribution in [2.24, 2.45) is 0 Å². The SMILES string of the molecule is Cc1ccccc1C(c1cccc(F)c1)C(OS(C)(=O)=O)C1CCCN1C(=O)c1nn(COCC[Si](C)(C)C)cc(OCOCC[Si](C)(C)C)c1=O. The van der Waals surface area contributed by atoms with Crippen molar-refractivity contribution in [3.63, 3.8) is 0 Å². The molecule has 52 heavy (non-hydrogen) atoms. The molecule has 1 amide bonds. The van der Waals surface area contributed by atoms with Gasteiger partial charge < -0.3 is 19.1 Å². The van der Waals surface area contributed by atoms with Crippen LogP contribution in [0.1, 0.15) is 45.9 Å². The Labute approximate surface area is 309 Å². The quantitative estimate of drug-likeness (QED) is 0.0618. The van der Waals surface area contributed by atoms with Crippen molar-refractivity contribution in [2.45, 2.75) is 95.9 Å².